The average molecular weight is 516 g/mol. The highest BCUT2D eigenvalue weighted by Gasteiger charge is 2.36. The topological polar surface area (TPSA) is 105 Å². The molecule has 0 bridgehead atoms. The van der Waals surface area contributed by atoms with E-state index in [9.17, 15) is 19.2 Å². The lowest BCUT2D eigenvalue weighted by atomic mass is 10.0. The fraction of sp³-hybridized carbons (Fsp3) is 0.655. The number of rotatable bonds is 16. The highest BCUT2D eigenvalue weighted by Crippen LogP contribution is 2.32. The lowest BCUT2D eigenvalue weighted by Crippen LogP contribution is -2.40. The molecule has 0 saturated heterocycles. The zero-order chi connectivity index (χ0) is 27.4. The summed E-state index contributed by atoms with van der Waals surface area (Å²) < 4.78 is 5.23. The molecule has 0 fully saturated rings. The van der Waals surface area contributed by atoms with Crippen molar-refractivity contribution in [2.24, 2.45) is 0 Å². The first-order valence-electron chi connectivity index (χ1n) is 13.7. The molecule has 1 aliphatic rings. The van der Waals surface area contributed by atoms with Crippen molar-refractivity contribution in [2.45, 2.75) is 111 Å². The lowest BCUT2D eigenvalue weighted by molar-refractivity contribution is -0.122. The molecule has 206 valence electrons. The molecule has 1 aromatic rings. The van der Waals surface area contributed by atoms with E-state index < -0.39 is 11.6 Å². The van der Waals surface area contributed by atoms with E-state index >= 15 is 0 Å². The second kappa shape index (κ2) is 14.7. The first kappa shape index (κ1) is 30.3. The van der Waals surface area contributed by atoms with E-state index in [0.29, 0.717) is 37.9 Å². The number of hydrogen-bond donors (Lipinski definition) is 2. The number of amides is 2. The van der Waals surface area contributed by atoms with Gasteiger partial charge in [-0.2, -0.15) is 0 Å². The van der Waals surface area contributed by atoms with Crippen molar-refractivity contribution in [1.29, 1.82) is 0 Å². The van der Waals surface area contributed by atoms with Gasteiger partial charge in [0.1, 0.15) is 11.4 Å². The van der Waals surface area contributed by atoms with Crippen LogP contribution in [0.2, 0.25) is 0 Å². The second-order valence-electron chi connectivity index (χ2n) is 10.8. The summed E-state index contributed by atoms with van der Waals surface area (Å²) in [6.45, 7) is 10.7. The summed E-state index contributed by atoms with van der Waals surface area (Å²) in [5.74, 6) is -0.112. The Kier molecular flexibility index (Phi) is 12.1. The largest absolute Gasteiger partial charge is 0.444 e. The van der Waals surface area contributed by atoms with Crippen molar-refractivity contribution in [3.05, 3.63) is 29.3 Å². The van der Waals surface area contributed by atoms with Crippen LogP contribution in [0.4, 0.5) is 10.5 Å². The summed E-state index contributed by atoms with van der Waals surface area (Å²) in [4.78, 5) is 50.4. The molecule has 0 saturated carbocycles. The Morgan fingerprint density at radius 2 is 1.68 bits per heavy atom. The minimum Gasteiger partial charge on any atom is -0.444 e. The van der Waals surface area contributed by atoms with Crippen LogP contribution < -0.4 is 10.6 Å². The summed E-state index contributed by atoms with van der Waals surface area (Å²) >= 11 is 0. The Balaban J connectivity index is 1.71. The van der Waals surface area contributed by atoms with Crippen molar-refractivity contribution >= 4 is 29.3 Å². The SMILES string of the molecule is CCC(=O)CCC(C(C)=O)N1Cc2c(NCCCCCCCCNC(=O)OC(C)(C)C)cccc2C1=O. The summed E-state index contributed by atoms with van der Waals surface area (Å²) in [7, 11) is 0. The lowest BCUT2D eigenvalue weighted by Gasteiger charge is -2.25. The summed E-state index contributed by atoms with van der Waals surface area (Å²) in [6.07, 6.45) is 7.14. The minimum atomic E-state index is -0.567. The molecule has 1 aliphatic heterocycles. The average Bonchev–Trinajstić information content (AvgIpc) is 3.15. The molecule has 1 atom stereocenters. The van der Waals surface area contributed by atoms with Crippen molar-refractivity contribution in [3.63, 3.8) is 0 Å². The number of ether oxygens (including phenoxy) is 1. The Labute approximate surface area is 221 Å². The van der Waals surface area contributed by atoms with Gasteiger partial charge in [0.15, 0.2) is 5.78 Å². The van der Waals surface area contributed by atoms with Gasteiger partial charge in [-0.1, -0.05) is 38.7 Å². The molecule has 0 radical (unpaired) electrons. The van der Waals surface area contributed by atoms with Gasteiger partial charge in [-0.25, -0.2) is 4.79 Å². The zero-order valence-electron chi connectivity index (χ0n) is 23.3. The first-order valence-corrected chi connectivity index (χ1v) is 13.7. The molecule has 2 amide bonds. The Hall–Kier alpha value is -2.90. The number of nitrogens with zero attached hydrogens (tertiary/aromatic N) is 1. The highest BCUT2D eigenvalue weighted by atomic mass is 16.6. The number of ketones is 2. The molecule has 2 rings (SSSR count). The molecule has 1 aromatic carbocycles. The maximum absolute atomic E-state index is 13.1. The van der Waals surface area contributed by atoms with Crippen LogP contribution in [0.5, 0.6) is 0 Å². The van der Waals surface area contributed by atoms with Gasteiger partial charge in [0.2, 0.25) is 0 Å². The highest BCUT2D eigenvalue weighted by molar-refractivity contribution is 6.02. The third-order valence-electron chi connectivity index (χ3n) is 6.52. The fourth-order valence-corrected chi connectivity index (χ4v) is 4.51. The number of carbonyl (C=O) groups is 4. The monoisotopic (exact) mass is 515 g/mol. The molecule has 1 unspecified atom stereocenters. The van der Waals surface area contributed by atoms with Crippen LogP contribution in [0.25, 0.3) is 0 Å². The van der Waals surface area contributed by atoms with Gasteiger partial charge >= 0.3 is 6.09 Å². The summed E-state index contributed by atoms with van der Waals surface area (Å²) in [5.41, 5.74) is 2.03. The molecular weight excluding hydrogens is 470 g/mol. The van der Waals surface area contributed by atoms with Crippen LogP contribution in [0.3, 0.4) is 0 Å². The summed E-state index contributed by atoms with van der Waals surface area (Å²) in [5, 5.41) is 6.27. The molecule has 0 aromatic heterocycles. The molecule has 1 heterocycles. The number of hydrogen-bond acceptors (Lipinski definition) is 6. The Morgan fingerprint density at radius 1 is 1.03 bits per heavy atom. The van der Waals surface area contributed by atoms with Gasteiger partial charge in [-0.15, -0.1) is 0 Å². The van der Waals surface area contributed by atoms with E-state index in [1.54, 1.807) is 4.90 Å². The standard InChI is InChI=1S/C29H45N3O5/c1-6-22(34)16-17-26(21(2)33)32-20-24-23(27(32)35)14-13-15-25(24)30-18-11-9-7-8-10-12-19-31-28(36)37-29(3,4)5/h13-15,26,30H,6-12,16-20H2,1-5H3,(H,31,36). The minimum absolute atomic E-state index is 0.0832. The van der Waals surface area contributed by atoms with Crippen molar-refractivity contribution in [1.82, 2.24) is 10.2 Å². The number of Topliss-reactive ketones (excluding diaryl/α,β-unsaturated/α-hetero) is 2. The Bertz CT molecular complexity index is 938. The number of fused-ring (bicyclic) bond motifs is 1. The zero-order valence-corrected chi connectivity index (χ0v) is 23.3. The molecule has 0 spiro atoms. The smallest absolute Gasteiger partial charge is 0.407 e. The van der Waals surface area contributed by atoms with Crippen molar-refractivity contribution < 1.29 is 23.9 Å². The van der Waals surface area contributed by atoms with Gasteiger partial charge in [0.25, 0.3) is 5.91 Å². The molecule has 0 aliphatic carbocycles. The second-order valence-corrected chi connectivity index (χ2v) is 10.8. The third kappa shape index (κ3) is 10.2. The van der Waals surface area contributed by atoms with Crippen LogP contribution in [0.1, 0.15) is 108 Å². The van der Waals surface area contributed by atoms with E-state index in [-0.39, 0.29) is 23.6 Å². The maximum Gasteiger partial charge on any atom is 0.407 e. The number of benzene rings is 1. The molecular formula is C29H45N3O5. The van der Waals surface area contributed by atoms with Crippen molar-refractivity contribution in [2.75, 3.05) is 18.4 Å². The fourth-order valence-electron chi connectivity index (χ4n) is 4.51. The number of alkyl carbamates (subject to hydrolysis) is 1. The van der Waals surface area contributed by atoms with Crippen LogP contribution in [-0.2, 0) is 20.9 Å². The Morgan fingerprint density at radius 3 is 2.30 bits per heavy atom. The van der Waals surface area contributed by atoms with Gasteiger partial charge < -0.3 is 20.3 Å². The van der Waals surface area contributed by atoms with E-state index in [1.165, 1.54) is 6.92 Å². The number of anilines is 1. The van der Waals surface area contributed by atoms with Gasteiger partial charge in [-0.05, 0) is 59.1 Å². The molecule has 8 nitrogen and oxygen atoms in total. The third-order valence-corrected chi connectivity index (χ3v) is 6.52. The predicted octanol–water partition coefficient (Wildman–Crippen LogP) is 5.64. The maximum atomic E-state index is 13.1. The number of nitrogens with one attached hydrogen (secondary N) is 2. The van der Waals surface area contributed by atoms with Crippen LogP contribution in [0.15, 0.2) is 18.2 Å². The normalized spacial score (nSPS) is 13.8. The number of carbonyl (C=O) groups excluding carboxylic acids is 4. The van der Waals surface area contributed by atoms with Crippen LogP contribution in [-0.4, -0.2) is 53.2 Å². The van der Waals surface area contributed by atoms with Gasteiger partial charge in [0, 0.05) is 49.3 Å². The van der Waals surface area contributed by atoms with Gasteiger partial charge in [0.05, 0.1) is 6.04 Å². The van der Waals surface area contributed by atoms with E-state index in [4.69, 9.17) is 4.74 Å². The molecule has 8 heteroatoms. The van der Waals surface area contributed by atoms with Crippen LogP contribution >= 0.6 is 0 Å². The van der Waals surface area contributed by atoms with Crippen molar-refractivity contribution in [3.8, 4) is 0 Å². The summed E-state index contributed by atoms with van der Waals surface area (Å²) in [6, 6.07) is 5.10. The van der Waals surface area contributed by atoms with Crippen LogP contribution in [0, 0.1) is 0 Å². The number of unbranched alkanes of at least 4 members (excludes halogenated alkanes) is 5. The van der Waals surface area contributed by atoms with E-state index in [1.807, 2.05) is 45.9 Å². The predicted molar refractivity (Wildman–Crippen MR) is 146 cm³/mol. The van der Waals surface area contributed by atoms with E-state index in [2.05, 4.69) is 10.6 Å². The first-order chi connectivity index (χ1) is 17.5. The molecule has 37 heavy (non-hydrogen) atoms. The quantitative estimate of drug-likeness (QED) is 0.276. The molecule has 2 N–H and O–H groups in total. The van der Waals surface area contributed by atoms with E-state index in [0.717, 1.165) is 56.3 Å². The van der Waals surface area contributed by atoms with Gasteiger partial charge in [-0.3, -0.25) is 14.4 Å².